The Balaban J connectivity index is 1.21. The Hall–Kier alpha value is -9.34. The van der Waals surface area contributed by atoms with E-state index in [4.69, 9.17) is 15.0 Å². The molecule has 0 radical (unpaired) electrons. The monoisotopic (exact) mass is 952 g/mol. The first-order valence-electron chi connectivity index (χ1n) is 22.8. The normalized spacial score (nSPS) is 12.0. The van der Waals surface area contributed by atoms with Crippen LogP contribution in [-0.4, -0.2) is 24.1 Å². The number of hydrogen-bond acceptors (Lipinski definition) is 4. The van der Waals surface area contributed by atoms with E-state index >= 15 is 0 Å². The van der Waals surface area contributed by atoms with Crippen molar-refractivity contribution in [2.45, 2.75) is 12.4 Å². The SMILES string of the molecule is N#Cc1cccc(-c2ccc(-n3c4ccccc4c4cc(C(F)(F)F)ccc43)c(-c3cc(-n4c5ccccc5c5cc(C(F)(F)F)ccc54)ccc3-c3nc(-c4ccccc4)nc(-c4ccccc4)n3)c2)c1. The van der Waals surface area contributed by atoms with Crippen molar-refractivity contribution in [1.29, 1.82) is 5.26 Å². The summed E-state index contributed by atoms with van der Waals surface area (Å²) in [6.07, 6.45) is -9.18. The molecule has 0 saturated carbocycles. The molecule has 12 rings (SSSR count). The van der Waals surface area contributed by atoms with Gasteiger partial charge in [-0.15, -0.1) is 0 Å². The molecular formula is C60H34F6N6. The minimum atomic E-state index is -4.60. The lowest BCUT2D eigenvalue weighted by Crippen LogP contribution is -2.05. The Morgan fingerprint density at radius 2 is 0.861 bits per heavy atom. The maximum Gasteiger partial charge on any atom is 0.416 e. The van der Waals surface area contributed by atoms with Crippen molar-refractivity contribution >= 4 is 43.6 Å². The van der Waals surface area contributed by atoms with Crippen LogP contribution in [0.1, 0.15) is 16.7 Å². The topological polar surface area (TPSA) is 72.3 Å². The van der Waals surface area contributed by atoms with Gasteiger partial charge in [0.05, 0.1) is 50.5 Å². The number of alkyl halides is 6. The second-order valence-electron chi connectivity index (χ2n) is 17.4. The van der Waals surface area contributed by atoms with Crippen LogP contribution in [0.2, 0.25) is 0 Å². The molecular weight excluding hydrogens is 919 g/mol. The second kappa shape index (κ2) is 17.0. The standard InChI is InChI=1S/C60H34F6N6/c61-59(62,63)41-23-28-53-49(32-41)44-18-7-9-20-51(44)71(53)43-25-26-46(58-69-56(37-13-3-1-4-14-37)68-57(70-58)38-15-5-2-6-16-38)47(34-43)48-31-40(39-17-11-12-36(30-39)35-67)22-27-54(48)72-52-21-10-8-19-45(52)50-33-42(60(64,65)66)24-29-55(50)72/h1-34H. The van der Waals surface area contributed by atoms with Gasteiger partial charge >= 0.3 is 12.4 Å². The molecule has 0 fully saturated rings. The Kier molecular flexibility index (Phi) is 10.3. The molecule has 12 heteroatoms. The number of nitrogens with zero attached hydrogens (tertiary/aromatic N) is 6. The smallest absolute Gasteiger partial charge is 0.309 e. The fraction of sp³-hybridized carbons (Fsp3) is 0.0333. The van der Waals surface area contributed by atoms with E-state index in [1.807, 2.05) is 137 Å². The lowest BCUT2D eigenvalue weighted by atomic mass is 9.92. The van der Waals surface area contributed by atoms with E-state index < -0.39 is 23.5 Å². The minimum Gasteiger partial charge on any atom is -0.309 e. The van der Waals surface area contributed by atoms with Crippen LogP contribution < -0.4 is 0 Å². The molecule has 346 valence electrons. The quantitative estimate of drug-likeness (QED) is 0.149. The summed E-state index contributed by atoms with van der Waals surface area (Å²) in [6.45, 7) is 0. The van der Waals surface area contributed by atoms with Crippen LogP contribution in [0, 0.1) is 11.3 Å². The number of aromatic nitrogens is 5. The van der Waals surface area contributed by atoms with Gasteiger partial charge in [0.15, 0.2) is 17.5 Å². The Bertz CT molecular complexity index is 4090. The first-order chi connectivity index (χ1) is 34.9. The van der Waals surface area contributed by atoms with E-state index in [1.165, 1.54) is 24.3 Å². The third kappa shape index (κ3) is 7.59. The number of para-hydroxylation sites is 2. The van der Waals surface area contributed by atoms with Gasteiger partial charge in [-0.05, 0) is 108 Å². The lowest BCUT2D eigenvalue weighted by Gasteiger charge is -2.20. The van der Waals surface area contributed by atoms with E-state index in [-0.39, 0.29) is 0 Å². The van der Waals surface area contributed by atoms with Gasteiger partial charge in [-0.1, -0.05) is 115 Å². The zero-order valence-electron chi connectivity index (χ0n) is 37.6. The molecule has 0 unspecified atom stereocenters. The van der Waals surface area contributed by atoms with Gasteiger partial charge in [-0.2, -0.15) is 31.6 Å². The zero-order chi connectivity index (χ0) is 49.3. The minimum absolute atomic E-state index is 0.307. The molecule has 0 aliphatic heterocycles. The Labute approximate surface area is 407 Å². The van der Waals surface area contributed by atoms with Gasteiger partial charge in [-0.3, -0.25) is 0 Å². The zero-order valence-corrected chi connectivity index (χ0v) is 37.6. The number of halogens is 6. The van der Waals surface area contributed by atoms with Crippen LogP contribution in [-0.2, 0) is 12.4 Å². The van der Waals surface area contributed by atoms with Gasteiger partial charge in [-0.25, -0.2) is 15.0 Å². The van der Waals surface area contributed by atoms with Gasteiger partial charge in [0.25, 0.3) is 0 Å². The highest BCUT2D eigenvalue weighted by molar-refractivity contribution is 6.11. The lowest BCUT2D eigenvalue weighted by molar-refractivity contribution is -0.138. The Morgan fingerprint density at radius 3 is 1.44 bits per heavy atom. The van der Waals surface area contributed by atoms with Crippen molar-refractivity contribution in [3.8, 4) is 73.9 Å². The molecule has 0 aliphatic carbocycles. The predicted octanol–water partition coefficient (Wildman–Crippen LogP) is 16.3. The van der Waals surface area contributed by atoms with E-state index in [2.05, 4.69) is 6.07 Å². The highest BCUT2D eigenvalue weighted by Crippen LogP contribution is 2.45. The number of rotatable bonds is 7. The highest BCUT2D eigenvalue weighted by Gasteiger charge is 2.33. The van der Waals surface area contributed by atoms with Gasteiger partial charge in [0.2, 0.25) is 0 Å². The summed E-state index contributed by atoms with van der Waals surface area (Å²) >= 11 is 0. The number of benzene rings is 9. The average Bonchev–Trinajstić information content (AvgIpc) is 3.92. The van der Waals surface area contributed by atoms with Crippen LogP contribution in [0.15, 0.2) is 206 Å². The fourth-order valence-corrected chi connectivity index (χ4v) is 9.75. The van der Waals surface area contributed by atoms with Crippen LogP contribution in [0.3, 0.4) is 0 Å². The third-order valence-electron chi connectivity index (χ3n) is 13.1. The number of fused-ring (bicyclic) bond motifs is 6. The average molecular weight is 953 g/mol. The van der Waals surface area contributed by atoms with Gasteiger partial charge in [0.1, 0.15) is 0 Å². The summed E-state index contributed by atoms with van der Waals surface area (Å²) in [7, 11) is 0. The van der Waals surface area contributed by atoms with Crippen molar-refractivity contribution < 1.29 is 26.3 Å². The first-order valence-corrected chi connectivity index (χ1v) is 22.8. The van der Waals surface area contributed by atoms with Crippen molar-refractivity contribution in [2.75, 3.05) is 0 Å². The predicted molar refractivity (Wildman–Crippen MR) is 270 cm³/mol. The Morgan fingerprint density at radius 1 is 0.361 bits per heavy atom. The molecule has 0 saturated heterocycles. The first kappa shape index (κ1) is 43.9. The molecule has 72 heavy (non-hydrogen) atoms. The second-order valence-corrected chi connectivity index (χ2v) is 17.4. The van der Waals surface area contributed by atoms with Gasteiger partial charge < -0.3 is 9.13 Å². The summed E-state index contributed by atoms with van der Waals surface area (Å²) in [4.78, 5) is 15.3. The summed E-state index contributed by atoms with van der Waals surface area (Å²) in [6, 6.07) is 62.1. The summed E-state index contributed by atoms with van der Waals surface area (Å²) in [5.41, 5.74) is 7.11. The molecule has 3 heterocycles. The molecule has 12 aromatic rings. The molecule has 0 bridgehead atoms. The van der Waals surface area contributed by atoms with Crippen LogP contribution in [0.25, 0.3) is 111 Å². The number of hydrogen-bond donors (Lipinski definition) is 0. The summed E-state index contributed by atoms with van der Waals surface area (Å²) < 4.78 is 89.9. The maximum atomic E-state index is 14.4. The van der Waals surface area contributed by atoms with Crippen LogP contribution in [0.5, 0.6) is 0 Å². The fourth-order valence-electron chi connectivity index (χ4n) is 9.75. The molecule has 3 aromatic heterocycles. The molecule has 0 N–H and O–H groups in total. The molecule has 0 spiro atoms. The molecule has 0 amide bonds. The van der Waals surface area contributed by atoms with Crippen molar-refractivity contribution in [3.05, 3.63) is 223 Å². The van der Waals surface area contributed by atoms with E-state index in [0.717, 1.165) is 34.4 Å². The summed E-state index contributed by atoms with van der Waals surface area (Å²) in [5, 5.41) is 12.0. The maximum absolute atomic E-state index is 14.4. The van der Waals surface area contributed by atoms with E-state index in [0.29, 0.717) is 94.7 Å². The van der Waals surface area contributed by atoms with Crippen LogP contribution >= 0.6 is 0 Å². The summed E-state index contributed by atoms with van der Waals surface area (Å²) in [5.74, 6) is 1.12. The molecule has 0 aliphatic rings. The van der Waals surface area contributed by atoms with E-state index in [1.54, 1.807) is 42.5 Å². The van der Waals surface area contributed by atoms with Gasteiger partial charge in [0, 0.05) is 49.5 Å². The van der Waals surface area contributed by atoms with Crippen LogP contribution in [0.4, 0.5) is 26.3 Å². The largest absolute Gasteiger partial charge is 0.416 e. The third-order valence-corrected chi connectivity index (χ3v) is 13.1. The van der Waals surface area contributed by atoms with Crippen molar-refractivity contribution in [1.82, 2.24) is 24.1 Å². The highest BCUT2D eigenvalue weighted by atomic mass is 19.4. The van der Waals surface area contributed by atoms with E-state index in [9.17, 15) is 31.6 Å². The van der Waals surface area contributed by atoms with Crippen molar-refractivity contribution in [2.24, 2.45) is 0 Å². The molecule has 6 nitrogen and oxygen atoms in total. The molecule has 0 atom stereocenters. The number of nitriles is 1. The molecule has 9 aromatic carbocycles. The van der Waals surface area contributed by atoms with Crippen molar-refractivity contribution in [3.63, 3.8) is 0 Å².